The SMILES string of the molecule is CC(C)N(c1c(N(C(C)C)C(C)C)c1=[N+](C(C)C)C(C)C)C(C)C. The molecular formula is C21H42N3+. The average molecular weight is 337 g/mol. The molecule has 3 heteroatoms. The average Bonchev–Trinajstić information content (AvgIpc) is 3.00. The Labute approximate surface area is 151 Å². The topological polar surface area (TPSA) is 9.49 Å². The predicted molar refractivity (Wildman–Crippen MR) is 110 cm³/mol. The first-order valence-corrected chi connectivity index (χ1v) is 9.90. The summed E-state index contributed by atoms with van der Waals surface area (Å²) in [6.45, 7) is 27.7. The molecule has 1 rings (SSSR count). The normalized spacial score (nSPS) is 12.8. The Kier molecular flexibility index (Phi) is 6.95. The summed E-state index contributed by atoms with van der Waals surface area (Å²) in [5, 5.41) is 1.48. The monoisotopic (exact) mass is 336 g/mol. The second-order valence-electron chi connectivity index (χ2n) is 8.83. The summed E-state index contributed by atoms with van der Waals surface area (Å²) in [5.74, 6) is 0. The third-order valence-corrected chi connectivity index (χ3v) is 4.72. The Morgan fingerprint density at radius 2 is 0.750 bits per heavy atom. The molecule has 0 N–H and O–H groups in total. The molecule has 0 saturated carbocycles. The van der Waals surface area contributed by atoms with E-state index in [0.29, 0.717) is 36.3 Å². The van der Waals surface area contributed by atoms with Crippen molar-refractivity contribution in [2.24, 2.45) is 0 Å². The Morgan fingerprint density at radius 1 is 0.500 bits per heavy atom. The van der Waals surface area contributed by atoms with Gasteiger partial charge in [-0.1, -0.05) is 0 Å². The zero-order valence-electron chi connectivity index (χ0n) is 18.3. The first kappa shape index (κ1) is 21.1. The lowest BCUT2D eigenvalue weighted by molar-refractivity contribution is 0.428. The first-order chi connectivity index (χ1) is 10.9. The lowest BCUT2D eigenvalue weighted by Crippen LogP contribution is -2.42. The van der Waals surface area contributed by atoms with E-state index in [-0.39, 0.29) is 0 Å². The Hall–Kier alpha value is -0.990. The van der Waals surface area contributed by atoms with Gasteiger partial charge in [0.05, 0.1) is 0 Å². The highest BCUT2D eigenvalue weighted by Crippen LogP contribution is 2.37. The summed E-state index contributed by atoms with van der Waals surface area (Å²) >= 11 is 0. The van der Waals surface area contributed by atoms with Gasteiger partial charge < -0.3 is 9.80 Å². The van der Waals surface area contributed by atoms with E-state index in [1.165, 1.54) is 16.7 Å². The van der Waals surface area contributed by atoms with E-state index in [0.717, 1.165) is 0 Å². The highest BCUT2D eigenvalue weighted by molar-refractivity contribution is 5.86. The van der Waals surface area contributed by atoms with Gasteiger partial charge in [0, 0.05) is 24.2 Å². The lowest BCUT2D eigenvalue weighted by Gasteiger charge is -2.32. The predicted octanol–water partition coefficient (Wildman–Crippen LogP) is 4.40. The highest BCUT2D eigenvalue weighted by Gasteiger charge is 2.41. The van der Waals surface area contributed by atoms with E-state index < -0.39 is 0 Å². The van der Waals surface area contributed by atoms with Gasteiger partial charge in [0.25, 0.3) is 5.36 Å². The third-order valence-electron chi connectivity index (χ3n) is 4.72. The molecular weight excluding hydrogens is 294 g/mol. The number of hydrogen-bond acceptors (Lipinski definition) is 2. The molecule has 0 fully saturated rings. The second kappa shape index (κ2) is 7.93. The van der Waals surface area contributed by atoms with Crippen molar-refractivity contribution in [1.29, 1.82) is 0 Å². The number of anilines is 2. The van der Waals surface area contributed by atoms with Gasteiger partial charge in [0.1, 0.15) is 23.5 Å². The Balaban J connectivity index is 3.68. The van der Waals surface area contributed by atoms with Crippen LogP contribution in [0, 0.1) is 0 Å². The van der Waals surface area contributed by atoms with Crippen molar-refractivity contribution in [2.45, 2.75) is 119 Å². The summed E-state index contributed by atoms with van der Waals surface area (Å²) in [7, 11) is 0. The minimum Gasteiger partial charge on any atom is -0.359 e. The van der Waals surface area contributed by atoms with Crippen molar-refractivity contribution in [3.8, 4) is 0 Å². The van der Waals surface area contributed by atoms with Gasteiger partial charge in [-0.05, 0) is 83.1 Å². The van der Waals surface area contributed by atoms with Crippen LogP contribution in [-0.2, 0) is 0 Å². The molecule has 24 heavy (non-hydrogen) atoms. The maximum Gasteiger partial charge on any atom is 0.252 e. The van der Waals surface area contributed by atoms with Gasteiger partial charge in [-0.15, -0.1) is 0 Å². The molecule has 0 saturated heterocycles. The van der Waals surface area contributed by atoms with E-state index in [2.05, 4.69) is 97.5 Å². The molecule has 1 aromatic carbocycles. The number of rotatable bonds is 8. The van der Waals surface area contributed by atoms with Crippen molar-refractivity contribution in [1.82, 2.24) is 4.58 Å². The standard InChI is InChI=1S/C21H42N3/c1-13(2)22(14(3)4)19-20(23(15(5)6)16(7)8)21(19)24(17(9)10)18(11)12/h13-18H,1-12H3/q+1. The van der Waals surface area contributed by atoms with E-state index >= 15 is 0 Å². The largest absolute Gasteiger partial charge is 0.359 e. The summed E-state index contributed by atoms with van der Waals surface area (Å²) in [4.78, 5) is 5.19. The molecule has 0 aliphatic carbocycles. The van der Waals surface area contributed by atoms with E-state index in [1.54, 1.807) is 0 Å². The van der Waals surface area contributed by atoms with Crippen molar-refractivity contribution < 1.29 is 0 Å². The molecule has 0 amide bonds. The quantitative estimate of drug-likeness (QED) is 0.651. The van der Waals surface area contributed by atoms with Gasteiger partial charge in [0.15, 0.2) is 0 Å². The molecule has 0 heterocycles. The number of nitrogens with zero attached hydrogens (tertiary/aromatic N) is 3. The van der Waals surface area contributed by atoms with Crippen LogP contribution in [0.5, 0.6) is 0 Å². The fourth-order valence-corrected chi connectivity index (χ4v) is 4.23. The fourth-order valence-electron chi connectivity index (χ4n) is 4.23. The third kappa shape index (κ3) is 4.15. The zero-order chi connectivity index (χ0) is 18.9. The molecule has 0 unspecified atom stereocenters. The van der Waals surface area contributed by atoms with Gasteiger partial charge in [-0.25, -0.2) is 4.58 Å². The van der Waals surface area contributed by atoms with Crippen molar-refractivity contribution in [2.75, 3.05) is 9.80 Å². The maximum atomic E-state index is 2.60. The summed E-state index contributed by atoms with van der Waals surface area (Å²) < 4.78 is 2.60. The zero-order valence-corrected chi connectivity index (χ0v) is 18.3. The van der Waals surface area contributed by atoms with Crippen LogP contribution in [0.4, 0.5) is 11.4 Å². The lowest BCUT2D eigenvalue weighted by atomic mass is 10.2. The molecule has 0 aliphatic heterocycles. The van der Waals surface area contributed by atoms with Crippen LogP contribution in [0.1, 0.15) is 83.1 Å². The van der Waals surface area contributed by atoms with Crippen LogP contribution in [-0.4, -0.2) is 36.3 Å². The maximum absolute atomic E-state index is 2.60. The van der Waals surface area contributed by atoms with Crippen LogP contribution < -0.4 is 19.7 Å². The minimum absolute atomic E-state index is 0.509. The molecule has 140 valence electrons. The van der Waals surface area contributed by atoms with Crippen LogP contribution in [0.25, 0.3) is 0 Å². The van der Waals surface area contributed by atoms with Gasteiger partial charge in [0.2, 0.25) is 0 Å². The molecule has 0 aliphatic rings. The van der Waals surface area contributed by atoms with Gasteiger partial charge in [-0.2, -0.15) is 0 Å². The molecule has 0 atom stereocenters. The van der Waals surface area contributed by atoms with Crippen LogP contribution in [0.2, 0.25) is 0 Å². The molecule has 0 spiro atoms. The minimum atomic E-state index is 0.509. The molecule has 1 aromatic rings. The smallest absolute Gasteiger partial charge is 0.252 e. The number of hydrogen-bond donors (Lipinski definition) is 0. The Morgan fingerprint density at radius 3 is 0.917 bits per heavy atom. The summed E-state index contributed by atoms with van der Waals surface area (Å²) in [6.07, 6.45) is 0. The first-order valence-electron chi connectivity index (χ1n) is 9.90. The van der Waals surface area contributed by atoms with Gasteiger partial charge >= 0.3 is 0 Å². The van der Waals surface area contributed by atoms with Gasteiger partial charge in [-0.3, -0.25) is 0 Å². The van der Waals surface area contributed by atoms with Crippen LogP contribution in [0.3, 0.4) is 0 Å². The van der Waals surface area contributed by atoms with E-state index in [9.17, 15) is 0 Å². The van der Waals surface area contributed by atoms with Crippen molar-refractivity contribution >= 4 is 11.4 Å². The highest BCUT2D eigenvalue weighted by atomic mass is 15.3. The van der Waals surface area contributed by atoms with Crippen LogP contribution in [0.15, 0.2) is 0 Å². The fraction of sp³-hybridized carbons (Fsp3) is 0.857. The van der Waals surface area contributed by atoms with Crippen molar-refractivity contribution in [3.63, 3.8) is 0 Å². The molecule has 3 nitrogen and oxygen atoms in total. The second-order valence-corrected chi connectivity index (χ2v) is 8.83. The summed E-state index contributed by atoms with van der Waals surface area (Å²) in [6, 6.07) is 3.05. The van der Waals surface area contributed by atoms with E-state index in [4.69, 9.17) is 0 Å². The summed E-state index contributed by atoms with van der Waals surface area (Å²) in [5.41, 5.74) is 2.95. The Bertz CT molecular complexity index is 479. The molecule has 0 aromatic heterocycles. The molecule has 0 bridgehead atoms. The molecule has 0 radical (unpaired) electrons. The van der Waals surface area contributed by atoms with Crippen LogP contribution >= 0.6 is 0 Å². The van der Waals surface area contributed by atoms with Crippen molar-refractivity contribution in [3.05, 3.63) is 5.36 Å². The van der Waals surface area contributed by atoms with E-state index in [1.807, 2.05) is 0 Å².